The highest BCUT2D eigenvalue weighted by Gasteiger charge is 2.21. The van der Waals surface area contributed by atoms with Crippen LogP contribution in [-0.2, 0) is 11.2 Å². The second kappa shape index (κ2) is 7.55. The van der Waals surface area contributed by atoms with Crippen molar-refractivity contribution in [1.82, 2.24) is 5.32 Å². The SMILES string of the molecule is CC(C)C(C)NC(=O)CN1CCCc2c(N)cccc21.Cl. The number of nitrogens with two attached hydrogens (primary N) is 1. The summed E-state index contributed by atoms with van der Waals surface area (Å²) >= 11 is 0. The maximum atomic E-state index is 12.1. The van der Waals surface area contributed by atoms with E-state index in [2.05, 4.69) is 30.1 Å². The first kappa shape index (κ1) is 17.6. The predicted octanol–water partition coefficient (Wildman–Crippen LogP) is 2.60. The number of carbonyl (C=O) groups excluding carboxylic acids is 1. The molecule has 1 amide bonds. The van der Waals surface area contributed by atoms with E-state index < -0.39 is 0 Å². The van der Waals surface area contributed by atoms with Crippen molar-refractivity contribution in [3.63, 3.8) is 0 Å². The molecule has 21 heavy (non-hydrogen) atoms. The highest BCUT2D eigenvalue weighted by molar-refractivity contribution is 5.85. The zero-order valence-electron chi connectivity index (χ0n) is 13.1. The molecule has 0 saturated carbocycles. The van der Waals surface area contributed by atoms with Crippen LogP contribution in [0, 0.1) is 5.92 Å². The van der Waals surface area contributed by atoms with Crippen LogP contribution in [0.4, 0.5) is 11.4 Å². The average molecular weight is 312 g/mol. The van der Waals surface area contributed by atoms with E-state index in [9.17, 15) is 4.79 Å². The van der Waals surface area contributed by atoms with Gasteiger partial charge in [0, 0.05) is 24.0 Å². The Morgan fingerprint density at radius 3 is 2.76 bits per heavy atom. The Labute approximate surface area is 133 Å². The van der Waals surface area contributed by atoms with E-state index in [0.717, 1.165) is 30.8 Å². The molecule has 0 aliphatic carbocycles. The van der Waals surface area contributed by atoms with Gasteiger partial charge in [-0.1, -0.05) is 19.9 Å². The summed E-state index contributed by atoms with van der Waals surface area (Å²) in [6.45, 7) is 7.60. The lowest BCUT2D eigenvalue weighted by Crippen LogP contribution is -2.44. The number of hydrogen-bond acceptors (Lipinski definition) is 3. The molecule has 1 unspecified atom stereocenters. The van der Waals surface area contributed by atoms with Crippen LogP contribution in [0.25, 0.3) is 0 Å². The van der Waals surface area contributed by atoms with Gasteiger partial charge in [0.15, 0.2) is 0 Å². The molecule has 4 nitrogen and oxygen atoms in total. The van der Waals surface area contributed by atoms with Crippen molar-refractivity contribution < 1.29 is 4.79 Å². The summed E-state index contributed by atoms with van der Waals surface area (Å²) in [7, 11) is 0. The maximum absolute atomic E-state index is 12.1. The second-order valence-corrected chi connectivity index (χ2v) is 5.97. The molecular formula is C16H26ClN3O. The summed E-state index contributed by atoms with van der Waals surface area (Å²) in [5.41, 5.74) is 9.16. The normalized spacial score (nSPS) is 15.1. The number of fused-ring (bicyclic) bond motifs is 1. The van der Waals surface area contributed by atoms with Crippen molar-refractivity contribution in [2.75, 3.05) is 23.7 Å². The Balaban J connectivity index is 0.00000220. The molecule has 1 aromatic rings. The van der Waals surface area contributed by atoms with Gasteiger partial charge in [0.2, 0.25) is 5.91 Å². The molecule has 0 spiro atoms. The third-order valence-corrected chi connectivity index (χ3v) is 4.11. The third-order valence-electron chi connectivity index (χ3n) is 4.11. The summed E-state index contributed by atoms with van der Waals surface area (Å²) < 4.78 is 0. The molecule has 1 atom stereocenters. The van der Waals surface area contributed by atoms with Gasteiger partial charge in [-0.3, -0.25) is 4.79 Å². The second-order valence-electron chi connectivity index (χ2n) is 5.97. The molecule has 2 rings (SSSR count). The molecule has 0 fully saturated rings. The summed E-state index contributed by atoms with van der Waals surface area (Å²) in [6, 6.07) is 6.15. The molecule has 118 valence electrons. The first-order valence-corrected chi connectivity index (χ1v) is 7.40. The van der Waals surface area contributed by atoms with Crippen LogP contribution in [-0.4, -0.2) is 25.0 Å². The number of anilines is 2. The number of nitrogens with zero attached hydrogens (tertiary/aromatic N) is 1. The minimum absolute atomic E-state index is 0. The highest BCUT2D eigenvalue weighted by Crippen LogP contribution is 2.30. The van der Waals surface area contributed by atoms with Crippen molar-refractivity contribution in [1.29, 1.82) is 0 Å². The van der Waals surface area contributed by atoms with Crippen molar-refractivity contribution in [3.05, 3.63) is 23.8 Å². The third kappa shape index (κ3) is 4.27. The van der Waals surface area contributed by atoms with E-state index >= 15 is 0 Å². The summed E-state index contributed by atoms with van der Waals surface area (Å²) in [5, 5.41) is 3.06. The molecule has 0 radical (unpaired) electrons. The number of nitrogen functional groups attached to an aromatic ring is 1. The molecule has 1 aliphatic heterocycles. The van der Waals surface area contributed by atoms with Gasteiger partial charge >= 0.3 is 0 Å². The van der Waals surface area contributed by atoms with Gasteiger partial charge in [0.05, 0.1) is 6.54 Å². The number of benzene rings is 1. The van der Waals surface area contributed by atoms with Crippen molar-refractivity contribution in [2.45, 2.75) is 39.7 Å². The van der Waals surface area contributed by atoms with Gasteiger partial charge in [-0.2, -0.15) is 0 Å². The Morgan fingerprint density at radius 1 is 1.38 bits per heavy atom. The number of carbonyl (C=O) groups is 1. The average Bonchev–Trinajstić information content (AvgIpc) is 2.39. The van der Waals surface area contributed by atoms with E-state index in [1.807, 2.05) is 19.1 Å². The summed E-state index contributed by atoms with van der Waals surface area (Å²) in [6.07, 6.45) is 2.05. The number of hydrogen-bond donors (Lipinski definition) is 2. The van der Waals surface area contributed by atoms with Crippen molar-refractivity contribution in [3.8, 4) is 0 Å². The van der Waals surface area contributed by atoms with Crippen LogP contribution in [0.5, 0.6) is 0 Å². The lowest BCUT2D eigenvalue weighted by Gasteiger charge is -2.32. The molecule has 0 saturated heterocycles. The number of halogens is 1. The fourth-order valence-electron chi connectivity index (χ4n) is 2.53. The molecule has 1 heterocycles. The fourth-order valence-corrected chi connectivity index (χ4v) is 2.53. The smallest absolute Gasteiger partial charge is 0.239 e. The first-order chi connectivity index (χ1) is 9.49. The molecule has 0 bridgehead atoms. The summed E-state index contributed by atoms with van der Waals surface area (Å²) in [5.74, 6) is 0.532. The predicted molar refractivity (Wildman–Crippen MR) is 91.1 cm³/mol. The quantitative estimate of drug-likeness (QED) is 0.840. The molecule has 5 heteroatoms. The van der Waals surface area contributed by atoms with E-state index in [1.54, 1.807) is 0 Å². The molecule has 1 aliphatic rings. The largest absolute Gasteiger partial charge is 0.398 e. The van der Waals surface area contributed by atoms with Gasteiger partial charge in [-0.15, -0.1) is 12.4 Å². The Morgan fingerprint density at radius 2 is 2.10 bits per heavy atom. The Hall–Kier alpha value is -1.42. The van der Waals surface area contributed by atoms with Crippen LogP contribution in [0.1, 0.15) is 32.8 Å². The lowest BCUT2D eigenvalue weighted by molar-refractivity contribution is -0.120. The van der Waals surface area contributed by atoms with E-state index in [4.69, 9.17) is 5.73 Å². The minimum atomic E-state index is 0. The molecule has 0 aromatic heterocycles. The van der Waals surface area contributed by atoms with Crippen LogP contribution < -0.4 is 16.0 Å². The van der Waals surface area contributed by atoms with Gasteiger partial charge in [-0.05, 0) is 43.4 Å². The van der Waals surface area contributed by atoms with Crippen LogP contribution >= 0.6 is 12.4 Å². The number of rotatable bonds is 4. The molecular weight excluding hydrogens is 286 g/mol. The topological polar surface area (TPSA) is 58.4 Å². The minimum Gasteiger partial charge on any atom is -0.398 e. The zero-order valence-corrected chi connectivity index (χ0v) is 13.9. The standard InChI is InChI=1S/C16H25N3O.ClH/c1-11(2)12(3)18-16(20)10-19-9-5-6-13-14(17)7-4-8-15(13)19;/h4,7-8,11-12H,5-6,9-10,17H2,1-3H3,(H,18,20);1H. The van der Waals surface area contributed by atoms with E-state index in [-0.39, 0.29) is 24.4 Å². The van der Waals surface area contributed by atoms with Crippen molar-refractivity contribution in [2.24, 2.45) is 5.92 Å². The lowest BCUT2D eigenvalue weighted by atomic mass is 10.00. The number of nitrogens with one attached hydrogen (secondary N) is 1. The van der Waals surface area contributed by atoms with Gasteiger partial charge in [0.25, 0.3) is 0 Å². The van der Waals surface area contributed by atoms with Crippen LogP contribution in [0.2, 0.25) is 0 Å². The Kier molecular flexibility index (Phi) is 6.34. The van der Waals surface area contributed by atoms with Gasteiger partial charge in [0.1, 0.15) is 0 Å². The monoisotopic (exact) mass is 311 g/mol. The fraction of sp³-hybridized carbons (Fsp3) is 0.562. The molecule has 3 N–H and O–H groups in total. The van der Waals surface area contributed by atoms with E-state index in [0.29, 0.717) is 12.5 Å². The summed E-state index contributed by atoms with van der Waals surface area (Å²) in [4.78, 5) is 14.3. The van der Waals surface area contributed by atoms with Crippen LogP contribution in [0.15, 0.2) is 18.2 Å². The zero-order chi connectivity index (χ0) is 14.7. The first-order valence-electron chi connectivity index (χ1n) is 7.40. The highest BCUT2D eigenvalue weighted by atomic mass is 35.5. The Bertz CT molecular complexity index is 490. The molecule has 1 aromatic carbocycles. The van der Waals surface area contributed by atoms with E-state index in [1.165, 1.54) is 5.56 Å². The van der Waals surface area contributed by atoms with Crippen molar-refractivity contribution >= 4 is 29.7 Å². The van der Waals surface area contributed by atoms with Gasteiger partial charge < -0.3 is 16.0 Å². The maximum Gasteiger partial charge on any atom is 0.239 e. The van der Waals surface area contributed by atoms with Crippen LogP contribution in [0.3, 0.4) is 0 Å². The number of amides is 1. The van der Waals surface area contributed by atoms with Gasteiger partial charge in [-0.25, -0.2) is 0 Å².